The van der Waals surface area contributed by atoms with Gasteiger partial charge in [0.05, 0.1) is 30.5 Å². The number of nitrogen functional groups attached to an aromatic ring is 1. The molecule has 1 saturated heterocycles. The Balaban J connectivity index is 1.77. The molecule has 0 bridgehead atoms. The van der Waals surface area contributed by atoms with Gasteiger partial charge in [0.1, 0.15) is 11.5 Å². The minimum Gasteiger partial charge on any atom is -0.497 e. The van der Waals surface area contributed by atoms with Gasteiger partial charge in [0, 0.05) is 25.1 Å². The number of hydrogen-bond donors (Lipinski definition) is 1. The summed E-state index contributed by atoms with van der Waals surface area (Å²) in [7, 11) is 3.17. The molecule has 1 atom stereocenters. The van der Waals surface area contributed by atoms with Crippen molar-refractivity contribution in [1.82, 2.24) is 4.90 Å². The maximum Gasteiger partial charge on any atom is 0.257 e. The topological polar surface area (TPSA) is 64.8 Å². The highest BCUT2D eigenvalue weighted by molar-refractivity contribution is 6.33. The lowest BCUT2D eigenvalue weighted by molar-refractivity contribution is 0.0787. The third kappa shape index (κ3) is 3.51. The summed E-state index contributed by atoms with van der Waals surface area (Å²) in [6.45, 7) is 1.36. The minimum atomic E-state index is -0.0882. The molecule has 6 heteroatoms. The third-order valence-corrected chi connectivity index (χ3v) is 4.94. The minimum absolute atomic E-state index is 0.0882. The van der Waals surface area contributed by atoms with Crippen molar-refractivity contribution in [1.29, 1.82) is 0 Å². The molecule has 0 spiro atoms. The number of rotatable bonds is 4. The second-order valence-electron chi connectivity index (χ2n) is 6.08. The molecule has 2 aromatic carbocycles. The third-order valence-electron chi connectivity index (χ3n) is 4.61. The largest absolute Gasteiger partial charge is 0.497 e. The van der Waals surface area contributed by atoms with Crippen LogP contribution in [0, 0.1) is 0 Å². The van der Waals surface area contributed by atoms with Crippen LogP contribution in [0.4, 0.5) is 5.69 Å². The van der Waals surface area contributed by atoms with E-state index in [0.717, 1.165) is 12.2 Å². The average molecular weight is 361 g/mol. The highest BCUT2D eigenvalue weighted by Crippen LogP contribution is 2.33. The number of hydrogen-bond acceptors (Lipinski definition) is 4. The number of amides is 1. The summed E-state index contributed by atoms with van der Waals surface area (Å²) in [5, 5.41) is 0.357. The summed E-state index contributed by atoms with van der Waals surface area (Å²) in [5.41, 5.74) is 7.84. The highest BCUT2D eigenvalue weighted by atomic mass is 35.5. The molecule has 0 aliphatic carbocycles. The van der Waals surface area contributed by atoms with E-state index in [1.807, 2.05) is 17.0 Å². The van der Waals surface area contributed by atoms with Crippen molar-refractivity contribution in [2.45, 2.75) is 12.3 Å². The SMILES string of the molecule is COc1ccc(C2CCN(C(=O)c3cc(Cl)c(N)cc3OC)C2)cc1. The first kappa shape index (κ1) is 17.4. The molecule has 1 amide bonds. The Bertz CT molecular complexity index is 777. The van der Waals surface area contributed by atoms with E-state index in [-0.39, 0.29) is 5.91 Å². The van der Waals surface area contributed by atoms with Gasteiger partial charge in [0.15, 0.2) is 0 Å². The van der Waals surface area contributed by atoms with Crippen molar-refractivity contribution in [3.63, 3.8) is 0 Å². The molecule has 2 aromatic rings. The number of nitrogens with zero attached hydrogens (tertiary/aromatic N) is 1. The Morgan fingerprint density at radius 1 is 1.20 bits per heavy atom. The van der Waals surface area contributed by atoms with Crippen LogP contribution in [-0.4, -0.2) is 38.1 Å². The van der Waals surface area contributed by atoms with E-state index < -0.39 is 0 Å². The summed E-state index contributed by atoms with van der Waals surface area (Å²) >= 11 is 6.08. The number of carbonyl (C=O) groups is 1. The molecule has 0 saturated carbocycles. The predicted octanol–water partition coefficient (Wildman–Crippen LogP) is 3.57. The fraction of sp³-hybridized carbons (Fsp3) is 0.316. The average Bonchev–Trinajstić information content (AvgIpc) is 3.13. The summed E-state index contributed by atoms with van der Waals surface area (Å²) in [5.74, 6) is 1.50. The number of benzene rings is 2. The molecule has 1 aliphatic heterocycles. The van der Waals surface area contributed by atoms with Gasteiger partial charge in [-0.15, -0.1) is 0 Å². The zero-order valence-electron chi connectivity index (χ0n) is 14.3. The van der Waals surface area contributed by atoms with E-state index in [4.69, 9.17) is 26.8 Å². The van der Waals surface area contributed by atoms with Crippen LogP contribution in [0.25, 0.3) is 0 Å². The number of nitrogens with two attached hydrogens (primary N) is 1. The molecule has 2 N–H and O–H groups in total. The Labute approximate surface area is 152 Å². The van der Waals surface area contributed by atoms with Gasteiger partial charge in [0.2, 0.25) is 0 Å². The first-order chi connectivity index (χ1) is 12.0. The fourth-order valence-corrected chi connectivity index (χ4v) is 3.33. The Kier molecular flexibility index (Phi) is 5.04. The molecular weight excluding hydrogens is 340 g/mol. The molecule has 132 valence electrons. The first-order valence-electron chi connectivity index (χ1n) is 8.09. The molecule has 3 rings (SSSR count). The van der Waals surface area contributed by atoms with Crippen LogP contribution in [-0.2, 0) is 0 Å². The zero-order valence-corrected chi connectivity index (χ0v) is 15.0. The van der Waals surface area contributed by atoms with Crippen LogP contribution in [0.1, 0.15) is 28.3 Å². The van der Waals surface area contributed by atoms with Gasteiger partial charge < -0.3 is 20.1 Å². The summed E-state index contributed by atoms with van der Waals surface area (Å²) in [4.78, 5) is 14.7. The Hall–Kier alpha value is -2.40. The molecule has 25 heavy (non-hydrogen) atoms. The van der Waals surface area contributed by atoms with E-state index in [1.54, 1.807) is 19.2 Å². The first-order valence-corrected chi connectivity index (χ1v) is 8.47. The molecule has 1 aliphatic rings. The normalized spacial score (nSPS) is 16.8. The number of anilines is 1. The van der Waals surface area contributed by atoms with Crippen molar-refractivity contribution < 1.29 is 14.3 Å². The summed E-state index contributed by atoms with van der Waals surface area (Å²) in [6, 6.07) is 11.2. The highest BCUT2D eigenvalue weighted by Gasteiger charge is 2.29. The lowest BCUT2D eigenvalue weighted by atomic mass is 9.98. The second-order valence-corrected chi connectivity index (χ2v) is 6.49. The Morgan fingerprint density at radius 3 is 2.56 bits per heavy atom. The van der Waals surface area contributed by atoms with Crippen molar-refractivity contribution in [2.24, 2.45) is 0 Å². The van der Waals surface area contributed by atoms with Crippen molar-refractivity contribution in [3.05, 3.63) is 52.5 Å². The van der Waals surface area contributed by atoms with Crippen LogP contribution in [0.15, 0.2) is 36.4 Å². The van der Waals surface area contributed by atoms with Crippen LogP contribution in [0.2, 0.25) is 5.02 Å². The van der Waals surface area contributed by atoms with Crippen molar-refractivity contribution >= 4 is 23.2 Å². The van der Waals surface area contributed by atoms with Crippen LogP contribution in [0.5, 0.6) is 11.5 Å². The summed E-state index contributed by atoms with van der Waals surface area (Å²) < 4.78 is 10.5. The quantitative estimate of drug-likeness (QED) is 0.846. The lowest BCUT2D eigenvalue weighted by Gasteiger charge is -2.19. The Morgan fingerprint density at radius 2 is 1.92 bits per heavy atom. The lowest BCUT2D eigenvalue weighted by Crippen LogP contribution is -2.29. The molecule has 1 unspecified atom stereocenters. The van der Waals surface area contributed by atoms with E-state index >= 15 is 0 Å². The molecule has 0 aromatic heterocycles. The number of halogens is 1. The summed E-state index contributed by atoms with van der Waals surface area (Å²) in [6.07, 6.45) is 0.920. The maximum absolute atomic E-state index is 12.9. The van der Waals surface area contributed by atoms with Crippen molar-refractivity contribution in [2.75, 3.05) is 33.0 Å². The monoisotopic (exact) mass is 360 g/mol. The number of ether oxygens (including phenoxy) is 2. The maximum atomic E-state index is 12.9. The molecule has 0 radical (unpaired) electrons. The van der Waals surface area contributed by atoms with E-state index in [9.17, 15) is 4.79 Å². The van der Waals surface area contributed by atoms with Gasteiger partial charge in [-0.05, 0) is 30.2 Å². The number of likely N-dealkylation sites (tertiary alicyclic amines) is 1. The van der Waals surface area contributed by atoms with Gasteiger partial charge >= 0.3 is 0 Å². The molecule has 1 heterocycles. The zero-order chi connectivity index (χ0) is 18.0. The second kappa shape index (κ2) is 7.23. The predicted molar refractivity (Wildman–Crippen MR) is 98.7 cm³/mol. The van der Waals surface area contributed by atoms with Gasteiger partial charge in [0.25, 0.3) is 5.91 Å². The molecular formula is C19H21ClN2O3. The number of carbonyl (C=O) groups excluding carboxylic acids is 1. The molecule has 5 nitrogen and oxygen atoms in total. The van der Waals surface area contributed by atoms with Crippen LogP contribution < -0.4 is 15.2 Å². The molecule has 1 fully saturated rings. The number of methoxy groups -OCH3 is 2. The standard InChI is InChI=1S/C19H21ClN2O3/c1-24-14-5-3-12(4-6-14)13-7-8-22(11-13)19(23)15-9-16(20)17(21)10-18(15)25-2/h3-6,9-10,13H,7-8,11,21H2,1-2H3. The van der Waals surface area contributed by atoms with E-state index in [1.165, 1.54) is 12.7 Å². The van der Waals surface area contributed by atoms with Gasteiger partial charge in [-0.25, -0.2) is 0 Å². The van der Waals surface area contributed by atoms with E-state index in [0.29, 0.717) is 41.0 Å². The van der Waals surface area contributed by atoms with Crippen molar-refractivity contribution in [3.8, 4) is 11.5 Å². The van der Waals surface area contributed by atoms with Gasteiger partial charge in [-0.1, -0.05) is 23.7 Å². The smallest absolute Gasteiger partial charge is 0.257 e. The van der Waals surface area contributed by atoms with Gasteiger partial charge in [-0.2, -0.15) is 0 Å². The van der Waals surface area contributed by atoms with Crippen LogP contribution >= 0.6 is 11.6 Å². The van der Waals surface area contributed by atoms with Gasteiger partial charge in [-0.3, -0.25) is 4.79 Å². The van der Waals surface area contributed by atoms with E-state index in [2.05, 4.69) is 12.1 Å². The van der Waals surface area contributed by atoms with Crippen LogP contribution in [0.3, 0.4) is 0 Å². The fourth-order valence-electron chi connectivity index (χ4n) is 3.17.